The summed E-state index contributed by atoms with van der Waals surface area (Å²) in [6.07, 6.45) is 2.87. The van der Waals surface area contributed by atoms with E-state index < -0.39 is 0 Å². The number of hydrogen-bond donors (Lipinski definition) is 2. The summed E-state index contributed by atoms with van der Waals surface area (Å²) >= 11 is 0. The van der Waals surface area contributed by atoms with Gasteiger partial charge in [-0.05, 0) is 62.2 Å². The summed E-state index contributed by atoms with van der Waals surface area (Å²) in [5.74, 6) is 0.125. The summed E-state index contributed by atoms with van der Waals surface area (Å²) < 4.78 is 0. The topological polar surface area (TPSA) is 68.7 Å². The zero-order valence-electron chi connectivity index (χ0n) is 16.3. The minimum absolute atomic E-state index is 0.0954. The largest absolute Gasteiger partial charge is 0.393 e. The van der Waals surface area contributed by atoms with Crippen molar-refractivity contribution in [1.82, 2.24) is 15.2 Å². The number of amides is 1. The van der Waals surface area contributed by atoms with Crippen LogP contribution in [0.2, 0.25) is 0 Å². The molecule has 1 saturated heterocycles. The van der Waals surface area contributed by atoms with Gasteiger partial charge in [-0.2, -0.15) is 0 Å². The molecule has 6 heteroatoms. The Kier molecular flexibility index (Phi) is 5.59. The van der Waals surface area contributed by atoms with Crippen molar-refractivity contribution in [2.24, 2.45) is 5.92 Å². The molecule has 6 nitrogen and oxygen atoms in total. The standard InChI is InChI=1S/C22H28N4O2/c1-25-10-12-26(13-11-25)18-7-5-16(6-8-18)22(28)24-21(17-14-19(27)15-17)20-4-2-3-9-23-20/h2-9,17,19,21,27H,10-15H2,1H3,(H,24,28). The van der Waals surface area contributed by atoms with E-state index in [4.69, 9.17) is 0 Å². The molecular weight excluding hydrogens is 352 g/mol. The van der Waals surface area contributed by atoms with Gasteiger partial charge in [0.05, 0.1) is 17.8 Å². The third kappa shape index (κ3) is 4.18. The van der Waals surface area contributed by atoms with Crippen molar-refractivity contribution < 1.29 is 9.90 Å². The molecule has 28 heavy (non-hydrogen) atoms. The average Bonchev–Trinajstić information content (AvgIpc) is 2.71. The second-order valence-electron chi connectivity index (χ2n) is 7.93. The van der Waals surface area contributed by atoms with Crippen LogP contribution in [0.25, 0.3) is 0 Å². The van der Waals surface area contributed by atoms with E-state index >= 15 is 0 Å². The lowest BCUT2D eigenvalue weighted by atomic mass is 9.76. The van der Waals surface area contributed by atoms with E-state index in [0.29, 0.717) is 18.4 Å². The zero-order chi connectivity index (χ0) is 19.5. The smallest absolute Gasteiger partial charge is 0.251 e. The number of carbonyl (C=O) groups is 1. The predicted molar refractivity (Wildman–Crippen MR) is 109 cm³/mol. The van der Waals surface area contributed by atoms with Gasteiger partial charge in [0.15, 0.2) is 0 Å². The number of nitrogens with one attached hydrogen (secondary N) is 1. The first kappa shape index (κ1) is 18.9. The van der Waals surface area contributed by atoms with Crippen molar-refractivity contribution in [2.45, 2.75) is 25.0 Å². The Morgan fingerprint density at radius 2 is 1.82 bits per heavy atom. The molecule has 1 aromatic carbocycles. The molecule has 148 valence electrons. The van der Waals surface area contributed by atoms with E-state index in [1.807, 2.05) is 42.5 Å². The monoisotopic (exact) mass is 380 g/mol. The Hall–Kier alpha value is -2.44. The summed E-state index contributed by atoms with van der Waals surface area (Å²) in [4.78, 5) is 22.0. The quantitative estimate of drug-likeness (QED) is 0.831. The van der Waals surface area contributed by atoms with Crippen molar-refractivity contribution in [3.8, 4) is 0 Å². The fraction of sp³-hybridized carbons (Fsp3) is 0.455. The third-order valence-electron chi connectivity index (χ3n) is 5.91. The van der Waals surface area contributed by atoms with Crippen LogP contribution in [0, 0.1) is 5.92 Å². The third-order valence-corrected chi connectivity index (χ3v) is 5.91. The van der Waals surface area contributed by atoms with Crippen molar-refractivity contribution >= 4 is 11.6 Å². The van der Waals surface area contributed by atoms with E-state index in [0.717, 1.165) is 37.6 Å². The number of pyridine rings is 1. The van der Waals surface area contributed by atoms with Crippen LogP contribution >= 0.6 is 0 Å². The van der Waals surface area contributed by atoms with Gasteiger partial charge in [0.2, 0.25) is 0 Å². The molecule has 1 aliphatic heterocycles. The van der Waals surface area contributed by atoms with Crippen LogP contribution in [0.1, 0.15) is 34.9 Å². The molecule has 1 amide bonds. The van der Waals surface area contributed by atoms with E-state index in [9.17, 15) is 9.90 Å². The van der Waals surface area contributed by atoms with Crippen LogP contribution in [0.15, 0.2) is 48.7 Å². The van der Waals surface area contributed by atoms with E-state index in [1.54, 1.807) is 6.20 Å². The van der Waals surface area contributed by atoms with Gasteiger partial charge in [-0.25, -0.2) is 0 Å². The van der Waals surface area contributed by atoms with E-state index in [2.05, 4.69) is 27.1 Å². The molecule has 2 aromatic rings. The van der Waals surface area contributed by atoms with Gasteiger partial charge in [0.25, 0.3) is 5.91 Å². The van der Waals surface area contributed by atoms with Crippen molar-refractivity contribution in [3.05, 3.63) is 59.9 Å². The van der Waals surface area contributed by atoms with Gasteiger partial charge in [0, 0.05) is 43.6 Å². The molecule has 1 aromatic heterocycles. The number of nitrogens with zero attached hydrogens (tertiary/aromatic N) is 3. The summed E-state index contributed by atoms with van der Waals surface area (Å²) in [5.41, 5.74) is 2.66. The van der Waals surface area contributed by atoms with Crippen LogP contribution in [0.5, 0.6) is 0 Å². The van der Waals surface area contributed by atoms with Gasteiger partial charge in [-0.15, -0.1) is 0 Å². The lowest BCUT2D eigenvalue weighted by Gasteiger charge is -2.37. The van der Waals surface area contributed by atoms with Gasteiger partial charge < -0.3 is 20.2 Å². The number of aliphatic hydroxyl groups excluding tert-OH is 1. The Bertz CT molecular complexity index is 782. The normalized spacial score (nSPS) is 23.7. The van der Waals surface area contributed by atoms with E-state index in [-0.39, 0.29) is 24.0 Å². The fourth-order valence-electron chi connectivity index (χ4n) is 4.01. The number of aromatic nitrogens is 1. The average molecular weight is 380 g/mol. The first-order valence-electron chi connectivity index (χ1n) is 10.0. The van der Waals surface area contributed by atoms with Crippen molar-refractivity contribution in [1.29, 1.82) is 0 Å². The highest BCUT2D eigenvalue weighted by molar-refractivity contribution is 5.94. The summed E-state index contributed by atoms with van der Waals surface area (Å²) in [6, 6.07) is 13.4. The second-order valence-corrected chi connectivity index (χ2v) is 7.93. The van der Waals surface area contributed by atoms with Crippen LogP contribution in [0.3, 0.4) is 0 Å². The molecule has 2 heterocycles. The summed E-state index contributed by atoms with van der Waals surface area (Å²) in [5, 5.41) is 12.8. The molecule has 2 N–H and O–H groups in total. The first-order valence-corrected chi connectivity index (χ1v) is 10.0. The highest BCUT2D eigenvalue weighted by atomic mass is 16.3. The highest BCUT2D eigenvalue weighted by Crippen LogP contribution is 2.37. The Labute approximate surface area is 166 Å². The number of hydrogen-bond acceptors (Lipinski definition) is 5. The number of aliphatic hydroxyl groups is 1. The molecular formula is C22H28N4O2. The summed E-state index contributed by atoms with van der Waals surface area (Å²) in [6.45, 7) is 4.13. The SMILES string of the molecule is CN1CCN(c2ccc(C(=O)NC(c3ccccn3)C3CC(O)C3)cc2)CC1. The van der Waals surface area contributed by atoms with Crippen LogP contribution in [-0.4, -0.2) is 60.2 Å². The minimum atomic E-state index is -0.268. The lowest BCUT2D eigenvalue weighted by Crippen LogP contribution is -2.44. The molecule has 1 aliphatic carbocycles. The van der Waals surface area contributed by atoms with Gasteiger partial charge >= 0.3 is 0 Å². The summed E-state index contributed by atoms with van der Waals surface area (Å²) in [7, 11) is 2.14. The molecule has 0 spiro atoms. The lowest BCUT2D eigenvalue weighted by molar-refractivity contribution is 0.0228. The zero-order valence-corrected chi connectivity index (χ0v) is 16.3. The Morgan fingerprint density at radius 3 is 2.43 bits per heavy atom. The number of piperazine rings is 1. The van der Waals surface area contributed by atoms with Crippen LogP contribution < -0.4 is 10.2 Å². The first-order chi connectivity index (χ1) is 13.6. The maximum Gasteiger partial charge on any atom is 0.251 e. The maximum absolute atomic E-state index is 12.9. The molecule has 2 aliphatic rings. The maximum atomic E-state index is 12.9. The minimum Gasteiger partial charge on any atom is -0.393 e. The van der Waals surface area contributed by atoms with E-state index in [1.165, 1.54) is 0 Å². The van der Waals surface area contributed by atoms with Gasteiger partial charge in [-0.1, -0.05) is 6.07 Å². The van der Waals surface area contributed by atoms with Gasteiger partial charge in [0.1, 0.15) is 0 Å². The van der Waals surface area contributed by atoms with Crippen molar-refractivity contribution in [3.63, 3.8) is 0 Å². The number of anilines is 1. The molecule has 1 atom stereocenters. The molecule has 1 saturated carbocycles. The Morgan fingerprint density at radius 1 is 1.11 bits per heavy atom. The fourth-order valence-corrected chi connectivity index (χ4v) is 4.01. The Balaban J connectivity index is 1.44. The van der Waals surface area contributed by atoms with Gasteiger partial charge in [-0.3, -0.25) is 9.78 Å². The number of rotatable bonds is 5. The predicted octanol–water partition coefficient (Wildman–Crippen LogP) is 2.08. The molecule has 4 rings (SSSR count). The molecule has 0 bridgehead atoms. The number of likely N-dealkylation sites (N-methyl/N-ethyl adjacent to an activating group) is 1. The van der Waals surface area contributed by atoms with Crippen molar-refractivity contribution in [2.75, 3.05) is 38.1 Å². The molecule has 1 unspecified atom stereocenters. The van der Waals surface area contributed by atoms with Crippen LogP contribution in [0.4, 0.5) is 5.69 Å². The second kappa shape index (κ2) is 8.29. The highest BCUT2D eigenvalue weighted by Gasteiger charge is 2.36. The van der Waals surface area contributed by atoms with Crippen LogP contribution in [-0.2, 0) is 0 Å². The molecule has 2 fully saturated rings. The molecule has 0 radical (unpaired) electrons. The number of carbonyl (C=O) groups excluding carboxylic acids is 1. The number of benzene rings is 1.